The molecule has 1 aromatic carbocycles. The molecule has 0 amide bonds. The Bertz CT molecular complexity index is 536. The molecule has 0 radical (unpaired) electrons. The quantitative estimate of drug-likeness (QED) is 0.880. The van der Waals surface area contributed by atoms with Crippen molar-refractivity contribution in [3.8, 4) is 0 Å². The Hall–Kier alpha value is -1.39. The molecule has 0 bridgehead atoms. The fraction of sp³-hybridized carbons (Fsp3) is 0.438. The molecule has 0 aliphatic carbocycles. The SMILES string of the molecule is CCC(C)c1nc(N(C)Cc2ccccc2)sc1CN. The summed E-state index contributed by atoms with van der Waals surface area (Å²) in [5, 5.41) is 1.06. The minimum absolute atomic E-state index is 0.476. The van der Waals surface area contributed by atoms with Gasteiger partial charge in [-0.2, -0.15) is 0 Å². The van der Waals surface area contributed by atoms with Gasteiger partial charge in [0, 0.05) is 25.0 Å². The predicted molar refractivity (Wildman–Crippen MR) is 87.3 cm³/mol. The van der Waals surface area contributed by atoms with Gasteiger partial charge in [-0.1, -0.05) is 44.2 Å². The van der Waals surface area contributed by atoms with Gasteiger partial charge in [-0.3, -0.25) is 0 Å². The highest BCUT2D eigenvalue weighted by atomic mass is 32.1. The molecule has 1 aromatic heterocycles. The fourth-order valence-electron chi connectivity index (χ4n) is 2.16. The number of nitrogens with two attached hydrogens (primary N) is 1. The average Bonchev–Trinajstić information content (AvgIpc) is 2.92. The summed E-state index contributed by atoms with van der Waals surface area (Å²) in [6.45, 7) is 5.86. The Morgan fingerprint density at radius 3 is 2.60 bits per heavy atom. The van der Waals surface area contributed by atoms with Crippen molar-refractivity contribution >= 4 is 16.5 Å². The molecule has 4 heteroatoms. The molecule has 2 rings (SSSR count). The number of hydrogen-bond donors (Lipinski definition) is 1. The van der Waals surface area contributed by atoms with E-state index in [-0.39, 0.29) is 0 Å². The summed E-state index contributed by atoms with van der Waals surface area (Å²) in [5.74, 6) is 0.476. The number of thiazole rings is 1. The molecule has 20 heavy (non-hydrogen) atoms. The molecular weight excluding hydrogens is 266 g/mol. The smallest absolute Gasteiger partial charge is 0.185 e. The third kappa shape index (κ3) is 3.38. The van der Waals surface area contributed by atoms with Gasteiger partial charge in [0.05, 0.1) is 5.69 Å². The number of rotatable bonds is 6. The van der Waals surface area contributed by atoms with Crippen LogP contribution in [0.1, 0.15) is 42.3 Å². The fourth-order valence-corrected chi connectivity index (χ4v) is 3.18. The second kappa shape index (κ2) is 6.86. The minimum atomic E-state index is 0.476. The molecule has 108 valence electrons. The first-order valence-corrected chi connectivity index (χ1v) is 7.92. The lowest BCUT2D eigenvalue weighted by atomic mass is 10.0. The molecular formula is C16H23N3S. The highest BCUT2D eigenvalue weighted by Crippen LogP contribution is 2.31. The van der Waals surface area contributed by atoms with Crippen molar-refractivity contribution in [1.82, 2.24) is 4.98 Å². The number of nitrogens with zero attached hydrogens (tertiary/aromatic N) is 2. The van der Waals surface area contributed by atoms with E-state index < -0.39 is 0 Å². The highest BCUT2D eigenvalue weighted by molar-refractivity contribution is 7.15. The Balaban J connectivity index is 2.18. The van der Waals surface area contributed by atoms with Crippen molar-refractivity contribution in [2.75, 3.05) is 11.9 Å². The molecule has 0 saturated carbocycles. The molecule has 0 spiro atoms. The zero-order valence-corrected chi connectivity index (χ0v) is 13.3. The number of anilines is 1. The van der Waals surface area contributed by atoms with Crippen LogP contribution in [0.2, 0.25) is 0 Å². The summed E-state index contributed by atoms with van der Waals surface area (Å²) in [6.07, 6.45) is 1.10. The molecule has 1 heterocycles. The molecule has 1 unspecified atom stereocenters. The van der Waals surface area contributed by atoms with Gasteiger partial charge in [-0.15, -0.1) is 11.3 Å². The summed E-state index contributed by atoms with van der Waals surface area (Å²) in [6, 6.07) is 10.5. The Morgan fingerprint density at radius 2 is 2.00 bits per heavy atom. The molecule has 3 nitrogen and oxygen atoms in total. The normalized spacial score (nSPS) is 12.4. The first-order chi connectivity index (χ1) is 9.65. The van der Waals surface area contributed by atoms with Crippen LogP contribution >= 0.6 is 11.3 Å². The van der Waals surface area contributed by atoms with Gasteiger partial charge in [0.25, 0.3) is 0 Å². The summed E-state index contributed by atoms with van der Waals surface area (Å²) in [5.41, 5.74) is 8.33. The van der Waals surface area contributed by atoms with Crippen LogP contribution in [0.4, 0.5) is 5.13 Å². The van der Waals surface area contributed by atoms with Crippen molar-refractivity contribution in [3.05, 3.63) is 46.5 Å². The van der Waals surface area contributed by atoms with Gasteiger partial charge >= 0.3 is 0 Å². The van der Waals surface area contributed by atoms with Crippen LogP contribution in [0, 0.1) is 0 Å². The molecule has 1 atom stereocenters. The third-order valence-electron chi connectivity index (χ3n) is 3.57. The summed E-state index contributed by atoms with van der Waals surface area (Å²) in [7, 11) is 2.09. The predicted octanol–water partition coefficient (Wildman–Crippen LogP) is 3.75. The van der Waals surface area contributed by atoms with Crippen molar-refractivity contribution in [1.29, 1.82) is 0 Å². The van der Waals surface area contributed by atoms with Crippen molar-refractivity contribution in [2.45, 2.75) is 39.3 Å². The zero-order valence-electron chi connectivity index (χ0n) is 12.5. The second-order valence-electron chi connectivity index (χ2n) is 5.16. The van der Waals surface area contributed by atoms with Crippen LogP contribution in [0.25, 0.3) is 0 Å². The van der Waals surface area contributed by atoms with E-state index in [0.717, 1.165) is 18.1 Å². The van der Waals surface area contributed by atoms with Crippen molar-refractivity contribution in [2.24, 2.45) is 5.73 Å². The third-order valence-corrected chi connectivity index (χ3v) is 4.78. The Labute approximate surface area is 125 Å². The van der Waals surface area contributed by atoms with E-state index in [1.807, 2.05) is 6.07 Å². The maximum atomic E-state index is 5.86. The van der Waals surface area contributed by atoms with E-state index in [1.54, 1.807) is 11.3 Å². The topological polar surface area (TPSA) is 42.2 Å². The van der Waals surface area contributed by atoms with Gasteiger partial charge in [0.1, 0.15) is 0 Å². The Kier molecular flexibility index (Phi) is 5.15. The van der Waals surface area contributed by atoms with E-state index in [2.05, 4.69) is 50.1 Å². The van der Waals surface area contributed by atoms with E-state index in [1.165, 1.54) is 16.1 Å². The largest absolute Gasteiger partial charge is 0.347 e. The lowest BCUT2D eigenvalue weighted by Crippen LogP contribution is -2.16. The van der Waals surface area contributed by atoms with E-state index in [9.17, 15) is 0 Å². The number of aromatic nitrogens is 1. The standard InChI is InChI=1S/C16H23N3S/c1-4-12(2)15-14(10-17)20-16(18-15)19(3)11-13-8-6-5-7-9-13/h5-9,12H,4,10-11,17H2,1-3H3. The van der Waals surface area contributed by atoms with E-state index in [0.29, 0.717) is 12.5 Å². The van der Waals surface area contributed by atoms with E-state index >= 15 is 0 Å². The first-order valence-electron chi connectivity index (χ1n) is 7.10. The second-order valence-corrected chi connectivity index (χ2v) is 6.22. The van der Waals surface area contributed by atoms with Crippen molar-refractivity contribution in [3.63, 3.8) is 0 Å². The molecule has 2 N–H and O–H groups in total. The van der Waals surface area contributed by atoms with E-state index in [4.69, 9.17) is 10.7 Å². The van der Waals surface area contributed by atoms with Crippen LogP contribution in [-0.2, 0) is 13.1 Å². The lowest BCUT2D eigenvalue weighted by Gasteiger charge is -2.15. The molecule has 0 fully saturated rings. The molecule has 0 aliphatic rings. The maximum absolute atomic E-state index is 5.86. The van der Waals surface area contributed by atoms with Gasteiger partial charge in [-0.05, 0) is 17.9 Å². The van der Waals surface area contributed by atoms with Gasteiger partial charge in [0.2, 0.25) is 0 Å². The van der Waals surface area contributed by atoms with Crippen LogP contribution in [0.15, 0.2) is 30.3 Å². The first kappa shape index (κ1) is 15.0. The highest BCUT2D eigenvalue weighted by Gasteiger charge is 2.17. The summed E-state index contributed by atoms with van der Waals surface area (Å²) in [4.78, 5) is 8.23. The van der Waals surface area contributed by atoms with Gasteiger partial charge in [-0.25, -0.2) is 4.98 Å². The van der Waals surface area contributed by atoms with Crippen LogP contribution in [0.5, 0.6) is 0 Å². The lowest BCUT2D eigenvalue weighted by molar-refractivity contribution is 0.702. The van der Waals surface area contributed by atoms with Crippen LogP contribution < -0.4 is 10.6 Å². The van der Waals surface area contributed by atoms with Gasteiger partial charge < -0.3 is 10.6 Å². The average molecular weight is 289 g/mol. The molecule has 0 saturated heterocycles. The van der Waals surface area contributed by atoms with Crippen LogP contribution in [-0.4, -0.2) is 12.0 Å². The van der Waals surface area contributed by atoms with Crippen LogP contribution in [0.3, 0.4) is 0 Å². The molecule has 2 aromatic rings. The zero-order chi connectivity index (χ0) is 14.5. The monoisotopic (exact) mass is 289 g/mol. The minimum Gasteiger partial charge on any atom is -0.347 e. The van der Waals surface area contributed by atoms with Gasteiger partial charge in [0.15, 0.2) is 5.13 Å². The molecule has 0 aliphatic heterocycles. The van der Waals surface area contributed by atoms with Crippen molar-refractivity contribution < 1.29 is 0 Å². The number of hydrogen-bond acceptors (Lipinski definition) is 4. The maximum Gasteiger partial charge on any atom is 0.185 e. The summed E-state index contributed by atoms with van der Waals surface area (Å²) >= 11 is 1.72. The number of benzene rings is 1. The summed E-state index contributed by atoms with van der Waals surface area (Å²) < 4.78 is 0. The Morgan fingerprint density at radius 1 is 1.30 bits per heavy atom.